The Hall–Kier alpha value is -2.23. The first-order chi connectivity index (χ1) is 9.63. The van der Waals surface area contributed by atoms with E-state index in [1.165, 1.54) is 0 Å². The predicted octanol–water partition coefficient (Wildman–Crippen LogP) is 3.05. The van der Waals surface area contributed by atoms with Crippen LogP contribution >= 0.6 is 0 Å². The summed E-state index contributed by atoms with van der Waals surface area (Å²) in [7, 11) is 3.39. The van der Waals surface area contributed by atoms with Crippen LogP contribution in [0.2, 0.25) is 0 Å². The molecule has 0 bridgehead atoms. The first-order valence-electron chi connectivity index (χ1n) is 6.54. The van der Waals surface area contributed by atoms with Gasteiger partial charge in [0.15, 0.2) is 0 Å². The average Bonchev–Trinajstić information content (AvgIpc) is 3.00. The van der Waals surface area contributed by atoms with Crippen LogP contribution in [-0.2, 0) is 11.2 Å². The molecule has 0 aliphatic carbocycles. The quantitative estimate of drug-likeness (QED) is 0.841. The van der Waals surface area contributed by atoms with Crippen LogP contribution in [-0.4, -0.2) is 25.0 Å². The predicted molar refractivity (Wildman–Crippen MR) is 76.6 cm³/mol. The molecule has 1 atom stereocenters. The van der Waals surface area contributed by atoms with E-state index in [1.807, 2.05) is 43.3 Å². The van der Waals surface area contributed by atoms with Crippen molar-refractivity contribution in [3.8, 4) is 5.75 Å². The van der Waals surface area contributed by atoms with E-state index in [1.54, 1.807) is 25.3 Å². The average molecular weight is 273 g/mol. The Balaban J connectivity index is 2.08. The third-order valence-corrected chi connectivity index (χ3v) is 3.46. The molecule has 20 heavy (non-hydrogen) atoms. The van der Waals surface area contributed by atoms with E-state index in [-0.39, 0.29) is 11.9 Å². The highest BCUT2D eigenvalue weighted by atomic mass is 16.5. The second-order valence-corrected chi connectivity index (χ2v) is 4.68. The summed E-state index contributed by atoms with van der Waals surface area (Å²) in [5, 5.41) is 0. The van der Waals surface area contributed by atoms with E-state index in [9.17, 15) is 4.79 Å². The highest BCUT2D eigenvalue weighted by molar-refractivity contribution is 5.79. The monoisotopic (exact) mass is 273 g/mol. The van der Waals surface area contributed by atoms with Crippen molar-refractivity contribution in [2.45, 2.75) is 19.4 Å². The largest absolute Gasteiger partial charge is 0.496 e. The van der Waals surface area contributed by atoms with Crippen molar-refractivity contribution < 1.29 is 13.9 Å². The number of hydrogen-bond donors (Lipinski definition) is 0. The maximum Gasteiger partial charge on any atom is 0.227 e. The minimum absolute atomic E-state index is 0.0263. The maximum atomic E-state index is 12.3. The number of nitrogens with zero attached hydrogens (tertiary/aromatic N) is 1. The SMILES string of the molecule is COc1ccccc1CC(=O)N(C)[C@@H](C)c1ccco1. The number of benzene rings is 1. The van der Waals surface area contributed by atoms with Gasteiger partial charge in [-0.05, 0) is 25.1 Å². The van der Waals surface area contributed by atoms with Crippen molar-refractivity contribution >= 4 is 5.91 Å². The van der Waals surface area contributed by atoms with Crippen LogP contribution < -0.4 is 4.74 Å². The molecular weight excluding hydrogens is 254 g/mol. The Kier molecular flexibility index (Phi) is 4.45. The molecular formula is C16H19NO3. The molecule has 0 N–H and O–H groups in total. The Morgan fingerprint density at radius 1 is 1.30 bits per heavy atom. The molecule has 0 saturated carbocycles. The van der Waals surface area contributed by atoms with Crippen molar-refractivity contribution in [1.82, 2.24) is 4.90 Å². The lowest BCUT2D eigenvalue weighted by molar-refractivity contribution is -0.131. The minimum Gasteiger partial charge on any atom is -0.496 e. The van der Waals surface area contributed by atoms with Crippen LogP contribution in [0.4, 0.5) is 0 Å². The Labute approximate surface area is 119 Å². The third kappa shape index (κ3) is 3.02. The molecule has 0 saturated heterocycles. The normalized spacial score (nSPS) is 11.9. The van der Waals surface area contributed by atoms with Gasteiger partial charge >= 0.3 is 0 Å². The van der Waals surface area contributed by atoms with Gasteiger partial charge in [0.2, 0.25) is 5.91 Å². The number of rotatable bonds is 5. The molecule has 4 nitrogen and oxygen atoms in total. The van der Waals surface area contributed by atoms with E-state index in [0.29, 0.717) is 6.42 Å². The van der Waals surface area contributed by atoms with Crippen molar-refractivity contribution in [2.75, 3.05) is 14.2 Å². The van der Waals surface area contributed by atoms with Gasteiger partial charge in [0.25, 0.3) is 0 Å². The first kappa shape index (κ1) is 14.2. The standard InChI is InChI=1S/C16H19NO3/c1-12(14-9-6-10-20-14)17(2)16(18)11-13-7-4-5-8-15(13)19-3/h4-10,12H,11H2,1-3H3/t12-/m0/s1. The highest BCUT2D eigenvalue weighted by Crippen LogP contribution is 2.22. The van der Waals surface area contributed by atoms with Gasteiger partial charge in [0, 0.05) is 12.6 Å². The van der Waals surface area contributed by atoms with Gasteiger partial charge in [0.05, 0.1) is 25.8 Å². The highest BCUT2D eigenvalue weighted by Gasteiger charge is 2.20. The van der Waals surface area contributed by atoms with E-state index >= 15 is 0 Å². The maximum absolute atomic E-state index is 12.3. The summed E-state index contributed by atoms with van der Waals surface area (Å²) in [6.45, 7) is 1.94. The van der Waals surface area contributed by atoms with Crippen LogP contribution in [0.3, 0.4) is 0 Å². The fraction of sp³-hybridized carbons (Fsp3) is 0.312. The zero-order chi connectivity index (χ0) is 14.5. The molecule has 1 amide bonds. The summed E-state index contributed by atoms with van der Waals surface area (Å²) >= 11 is 0. The number of furan rings is 1. The Morgan fingerprint density at radius 2 is 2.05 bits per heavy atom. The summed E-state index contributed by atoms with van der Waals surface area (Å²) in [6.07, 6.45) is 1.93. The lowest BCUT2D eigenvalue weighted by Crippen LogP contribution is -2.30. The molecule has 0 unspecified atom stereocenters. The van der Waals surface area contributed by atoms with Gasteiger partial charge in [-0.1, -0.05) is 18.2 Å². The lowest BCUT2D eigenvalue weighted by Gasteiger charge is -2.23. The summed E-state index contributed by atoms with van der Waals surface area (Å²) in [5.74, 6) is 1.54. The van der Waals surface area contributed by atoms with Crippen molar-refractivity contribution in [1.29, 1.82) is 0 Å². The van der Waals surface area contributed by atoms with E-state index in [4.69, 9.17) is 9.15 Å². The molecule has 2 rings (SSSR count). The van der Waals surface area contributed by atoms with Gasteiger partial charge < -0.3 is 14.1 Å². The van der Waals surface area contributed by atoms with Crippen LogP contribution in [0.1, 0.15) is 24.3 Å². The van der Waals surface area contributed by atoms with E-state index in [2.05, 4.69) is 0 Å². The van der Waals surface area contributed by atoms with Gasteiger partial charge in [0.1, 0.15) is 11.5 Å². The molecule has 2 aromatic rings. The zero-order valence-electron chi connectivity index (χ0n) is 12.0. The molecule has 0 spiro atoms. The van der Waals surface area contributed by atoms with Gasteiger partial charge in [-0.3, -0.25) is 4.79 Å². The number of carbonyl (C=O) groups is 1. The summed E-state index contributed by atoms with van der Waals surface area (Å²) in [6, 6.07) is 11.2. The number of ether oxygens (including phenoxy) is 1. The second-order valence-electron chi connectivity index (χ2n) is 4.68. The van der Waals surface area contributed by atoms with Crippen LogP contribution in [0, 0.1) is 0 Å². The summed E-state index contributed by atoms with van der Waals surface area (Å²) < 4.78 is 10.6. The number of hydrogen-bond acceptors (Lipinski definition) is 3. The molecule has 0 aliphatic heterocycles. The molecule has 0 fully saturated rings. The summed E-state index contributed by atoms with van der Waals surface area (Å²) in [4.78, 5) is 14.0. The fourth-order valence-electron chi connectivity index (χ4n) is 2.07. The molecule has 1 heterocycles. The van der Waals surface area contributed by atoms with Crippen LogP contribution in [0.15, 0.2) is 47.1 Å². The number of para-hydroxylation sites is 1. The topological polar surface area (TPSA) is 42.7 Å². The third-order valence-electron chi connectivity index (χ3n) is 3.46. The number of methoxy groups -OCH3 is 1. The van der Waals surface area contributed by atoms with Crippen molar-refractivity contribution in [3.63, 3.8) is 0 Å². The molecule has 0 aliphatic rings. The zero-order valence-corrected chi connectivity index (χ0v) is 12.0. The van der Waals surface area contributed by atoms with Crippen molar-refractivity contribution in [2.24, 2.45) is 0 Å². The minimum atomic E-state index is -0.0905. The van der Waals surface area contributed by atoms with Crippen LogP contribution in [0.25, 0.3) is 0 Å². The van der Waals surface area contributed by atoms with E-state index in [0.717, 1.165) is 17.1 Å². The molecule has 4 heteroatoms. The van der Waals surface area contributed by atoms with Gasteiger partial charge in [-0.2, -0.15) is 0 Å². The number of amides is 1. The summed E-state index contributed by atoms with van der Waals surface area (Å²) in [5.41, 5.74) is 0.887. The Bertz CT molecular complexity index is 563. The van der Waals surface area contributed by atoms with Gasteiger partial charge in [-0.15, -0.1) is 0 Å². The number of likely N-dealkylation sites (N-methyl/N-ethyl adjacent to an activating group) is 1. The van der Waals surface area contributed by atoms with E-state index < -0.39 is 0 Å². The van der Waals surface area contributed by atoms with Crippen LogP contribution in [0.5, 0.6) is 5.75 Å². The molecule has 0 radical (unpaired) electrons. The molecule has 106 valence electrons. The van der Waals surface area contributed by atoms with Crippen molar-refractivity contribution in [3.05, 3.63) is 54.0 Å². The molecule has 1 aromatic heterocycles. The first-order valence-corrected chi connectivity index (χ1v) is 6.54. The fourth-order valence-corrected chi connectivity index (χ4v) is 2.07. The smallest absolute Gasteiger partial charge is 0.227 e. The molecule has 1 aromatic carbocycles. The number of carbonyl (C=O) groups excluding carboxylic acids is 1. The Morgan fingerprint density at radius 3 is 2.70 bits per heavy atom. The van der Waals surface area contributed by atoms with Gasteiger partial charge in [-0.25, -0.2) is 0 Å². The second kappa shape index (κ2) is 6.28. The lowest BCUT2D eigenvalue weighted by atomic mass is 10.1.